The van der Waals surface area contributed by atoms with E-state index in [0.29, 0.717) is 22.3 Å². The summed E-state index contributed by atoms with van der Waals surface area (Å²) in [7, 11) is 1.57. The molecule has 2 N–H and O–H groups in total. The first-order chi connectivity index (χ1) is 10.5. The molecule has 0 radical (unpaired) electrons. The number of amides is 1. The van der Waals surface area contributed by atoms with Crippen LogP contribution in [0.5, 0.6) is 5.75 Å². The van der Waals surface area contributed by atoms with Crippen LogP contribution in [0.1, 0.15) is 12.5 Å². The molecule has 0 atom stereocenters. The van der Waals surface area contributed by atoms with E-state index in [4.69, 9.17) is 27.9 Å². The van der Waals surface area contributed by atoms with E-state index in [1.165, 1.54) is 6.92 Å². The minimum absolute atomic E-state index is 0.0981. The molecule has 6 heteroatoms. The van der Waals surface area contributed by atoms with Crippen LogP contribution in [-0.2, 0) is 11.3 Å². The Balaban J connectivity index is 2.08. The van der Waals surface area contributed by atoms with Gasteiger partial charge in [-0.1, -0.05) is 23.2 Å². The summed E-state index contributed by atoms with van der Waals surface area (Å²) < 4.78 is 5.30. The Morgan fingerprint density at radius 2 is 1.77 bits per heavy atom. The monoisotopic (exact) mass is 338 g/mol. The summed E-state index contributed by atoms with van der Waals surface area (Å²) in [6, 6.07) is 10.9. The third-order valence-corrected chi connectivity index (χ3v) is 3.48. The lowest BCUT2D eigenvalue weighted by atomic mass is 10.2. The van der Waals surface area contributed by atoms with Crippen molar-refractivity contribution in [1.29, 1.82) is 0 Å². The first-order valence-corrected chi connectivity index (χ1v) is 7.38. The molecule has 0 saturated carbocycles. The smallest absolute Gasteiger partial charge is 0.221 e. The van der Waals surface area contributed by atoms with E-state index >= 15 is 0 Å². The number of ether oxygens (including phenoxy) is 1. The highest BCUT2D eigenvalue weighted by atomic mass is 35.5. The third kappa shape index (κ3) is 4.29. The molecule has 22 heavy (non-hydrogen) atoms. The molecule has 0 aliphatic carbocycles. The van der Waals surface area contributed by atoms with Gasteiger partial charge in [0.25, 0.3) is 0 Å². The van der Waals surface area contributed by atoms with E-state index < -0.39 is 0 Å². The van der Waals surface area contributed by atoms with Crippen LogP contribution in [0.3, 0.4) is 0 Å². The van der Waals surface area contributed by atoms with Gasteiger partial charge in [-0.05, 0) is 36.4 Å². The van der Waals surface area contributed by atoms with Gasteiger partial charge in [-0.15, -0.1) is 0 Å². The Morgan fingerprint density at radius 1 is 1.14 bits per heavy atom. The molecule has 0 unspecified atom stereocenters. The van der Waals surface area contributed by atoms with Crippen molar-refractivity contribution in [3.05, 3.63) is 52.0 Å². The number of anilines is 2. The van der Waals surface area contributed by atoms with Crippen LogP contribution >= 0.6 is 23.2 Å². The molecule has 0 bridgehead atoms. The molecular weight excluding hydrogens is 323 g/mol. The highest BCUT2D eigenvalue weighted by molar-refractivity contribution is 6.35. The maximum atomic E-state index is 11.0. The van der Waals surface area contributed by atoms with Gasteiger partial charge in [0.15, 0.2) is 0 Å². The van der Waals surface area contributed by atoms with Crippen molar-refractivity contribution in [2.75, 3.05) is 17.7 Å². The molecule has 4 nitrogen and oxygen atoms in total. The quantitative estimate of drug-likeness (QED) is 0.839. The lowest BCUT2D eigenvalue weighted by Gasteiger charge is -2.13. The minimum atomic E-state index is -0.0981. The number of carbonyl (C=O) groups is 1. The van der Waals surface area contributed by atoms with Crippen LogP contribution in [-0.4, -0.2) is 13.0 Å². The van der Waals surface area contributed by atoms with E-state index in [0.717, 1.165) is 16.9 Å². The van der Waals surface area contributed by atoms with Crippen LogP contribution in [0.4, 0.5) is 11.4 Å². The number of halogens is 2. The number of hydrogen-bond donors (Lipinski definition) is 2. The fraction of sp³-hybridized carbons (Fsp3) is 0.188. The summed E-state index contributed by atoms with van der Waals surface area (Å²) in [6.45, 7) is 1.99. The second-order valence-corrected chi connectivity index (χ2v) is 5.54. The van der Waals surface area contributed by atoms with Gasteiger partial charge in [0, 0.05) is 35.4 Å². The van der Waals surface area contributed by atoms with Crippen LogP contribution in [0.15, 0.2) is 36.4 Å². The van der Waals surface area contributed by atoms with Crippen molar-refractivity contribution in [2.24, 2.45) is 0 Å². The van der Waals surface area contributed by atoms with E-state index in [1.807, 2.05) is 30.3 Å². The molecular formula is C16H16Cl2N2O2. The number of carbonyl (C=O) groups excluding carboxylic acids is 1. The van der Waals surface area contributed by atoms with E-state index in [-0.39, 0.29) is 5.91 Å². The molecule has 0 saturated heterocycles. The molecule has 0 spiro atoms. The van der Waals surface area contributed by atoms with Crippen LogP contribution in [0, 0.1) is 0 Å². The molecule has 1 amide bonds. The molecule has 0 aliphatic heterocycles. The largest absolute Gasteiger partial charge is 0.495 e. The number of nitrogens with one attached hydrogen (secondary N) is 2. The topological polar surface area (TPSA) is 50.4 Å². The van der Waals surface area contributed by atoms with Crippen LogP contribution < -0.4 is 15.4 Å². The minimum Gasteiger partial charge on any atom is -0.495 e. The molecule has 116 valence electrons. The van der Waals surface area contributed by atoms with Gasteiger partial charge >= 0.3 is 0 Å². The molecule has 0 heterocycles. The van der Waals surface area contributed by atoms with Crippen LogP contribution in [0.25, 0.3) is 0 Å². The SMILES string of the molecule is COc1c(Cl)cc(Cl)cc1CNc1ccc(NC(C)=O)cc1. The Morgan fingerprint density at radius 3 is 2.36 bits per heavy atom. The molecule has 2 aromatic rings. The predicted molar refractivity (Wildman–Crippen MR) is 91.1 cm³/mol. The van der Waals surface area contributed by atoms with Crippen molar-refractivity contribution < 1.29 is 9.53 Å². The summed E-state index contributed by atoms with van der Waals surface area (Å²) >= 11 is 12.1. The molecule has 2 rings (SSSR count). The fourth-order valence-corrected chi connectivity index (χ4v) is 2.66. The van der Waals surface area contributed by atoms with Gasteiger partial charge < -0.3 is 15.4 Å². The van der Waals surface area contributed by atoms with Crippen molar-refractivity contribution in [3.63, 3.8) is 0 Å². The average Bonchev–Trinajstić information content (AvgIpc) is 2.45. The summed E-state index contributed by atoms with van der Waals surface area (Å²) in [4.78, 5) is 11.0. The number of benzene rings is 2. The van der Waals surface area contributed by atoms with Gasteiger partial charge in [0.1, 0.15) is 5.75 Å². The van der Waals surface area contributed by atoms with Gasteiger partial charge in [-0.2, -0.15) is 0 Å². The normalized spacial score (nSPS) is 10.2. The predicted octanol–water partition coefficient (Wildman–Crippen LogP) is 4.57. The van der Waals surface area contributed by atoms with Gasteiger partial charge in [0.2, 0.25) is 5.91 Å². The maximum Gasteiger partial charge on any atom is 0.221 e. The number of methoxy groups -OCH3 is 1. The van der Waals surface area contributed by atoms with Crippen LogP contribution in [0.2, 0.25) is 10.0 Å². The second kappa shape index (κ2) is 7.38. The Hall–Kier alpha value is -1.91. The van der Waals surface area contributed by atoms with E-state index in [1.54, 1.807) is 13.2 Å². The summed E-state index contributed by atoms with van der Waals surface area (Å²) in [5.74, 6) is 0.507. The van der Waals surface area contributed by atoms with Gasteiger partial charge in [-0.25, -0.2) is 0 Å². The maximum absolute atomic E-state index is 11.0. The Bertz CT molecular complexity index is 673. The summed E-state index contributed by atoms with van der Waals surface area (Å²) in [6.07, 6.45) is 0. The highest BCUT2D eigenvalue weighted by Crippen LogP contribution is 2.32. The molecule has 0 aromatic heterocycles. The number of rotatable bonds is 5. The highest BCUT2D eigenvalue weighted by Gasteiger charge is 2.09. The zero-order valence-corrected chi connectivity index (χ0v) is 13.8. The van der Waals surface area contributed by atoms with Crippen molar-refractivity contribution in [1.82, 2.24) is 0 Å². The van der Waals surface area contributed by atoms with E-state index in [2.05, 4.69) is 10.6 Å². The van der Waals surface area contributed by atoms with Gasteiger partial charge in [-0.3, -0.25) is 4.79 Å². The fourth-order valence-electron chi connectivity index (χ4n) is 2.05. The standard InChI is InChI=1S/C16H16Cl2N2O2/c1-10(21)20-14-5-3-13(4-6-14)19-9-11-7-12(17)8-15(18)16(11)22-2/h3-8,19H,9H2,1-2H3,(H,20,21). The molecule has 2 aromatic carbocycles. The van der Waals surface area contributed by atoms with Crippen molar-refractivity contribution >= 4 is 40.5 Å². The first-order valence-electron chi connectivity index (χ1n) is 6.63. The third-order valence-electron chi connectivity index (χ3n) is 2.98. The van der Waals surface area contributed by atoms with Crippen molar-refractivity contribution in [2.45, 2.75) is 13.5 Å². The second-order valence-electron chi connectivity index (χ2n) is 4.69. The first kappa shape index (κ1) is 16.5. The summed E-state index contributed by atoms with van der Waals surface area (Å²) in [5.41, 5.74) is 2.53. The molecule has 0 aliphatic rings. The van der Waals surface area contributed by atoms with E-state index in [9.17, 15) is 4.79 Å². The zero-order valence-electron chi connectivity index (χ0n) is 12.2. The lowest BCUT2D eigenvalue weighted by molar-refractivity contribution is -0.114. The Labute approximate surface area is 139 Å². The average molecular weight is 339 g/mol. The zero-order chi connectivity index (χ0) is 16.1. The van der Waals surface area contributed by atoms with Gasteiger partial charge in [0.05, 0.1) is 12.1 Å². The Kier molecular flexibility index (Phi) is 5.52. The number of hydrogen-bond acceptors (Lipinski definition) is 3. The lowest BCUT2D eigenvalue weighted by Crippen LogP contribution is -2.06. The molecule has 0 fully saturated rings. The summed E-state index contributed by atoms with van der Waals surface area (Å²) in [5, 5.41) is 7.02. The van der Waals surface area contributed by atoms with Crippen molar-refractivity contribution in [3.8, 4) is 5.75 Å².